The molecule has 18 heavy (non-hydrogen) atoms. The van der Waals surface area contributed by atoms with Crippen molar-refractivity contribution in [2.75, 3.05) is 0 Å². The Hall–Kier alpha value is -2.83. The summed E-state index contributed by atoms with van der Waals surface area (Å²) in [6.07, 6.45) is 1.29. The summed E-state index contributed by atoms with van der Waals surface area (Å²) >= 11 is 0. The third-order valence-corrected chi connectivity index (χ3v) is 1.95. The zero-order chi connectivity index (χ0) is 13.0. The van der Waals surface area contributed by atoms with Crippen molar-refractivity contribution in [2.45, 2.75) is 0 Å². The van der Waals surface area contributed by atoms with Crippen LogP contribution in [0.4, 0.5) is 5.69 Å². The van der Waals surface area contributed by atoms with E-state index in [4.69, 9.17) is 16.2 Å². The molecule has 0 radical (unpaired) electrons. The molecule has 0 atom stereocenters. The summed E-state index contributed by atoms with van der Waals surface area (Å²) in [5.74, 6) is -0.279. The van der Waals surface area contributed by atoms with E-state index in [-0.39, 0.29) is 11.7 Å². The molecule has 0 fully saturated rings. The van der Waals surface area contributed by atoms with Gasteiger partial charge in [0, 0.05) is 6.07 Å². The van der Waals surface area contributed by atoms with E-state index in [1.165, 1.54) is 12.3 Å². The molecule has 1 aromatic carbocycles. The van der Waals surface area contributed by atoms with Gasteiger partial charge in [0.05, 0.1) is 5.69 Å². The molecular formula is C11H10N4O3. The average molecular weight is 246 g/mol. The Labute approximate surface area is 102 Å². The first-order chi connectivity index (χ1) is 8.65. The number of aliphatic imine (C=N–C) groups is 1. The maximum absolute atomic E-state index is 11.5. The highest BCUT2D eigenvalue weighted by Crippen LogP contribution is 2.18. The molecule has 0 spiro atoms. The monoisotopic (exact) mass is 246 g/mol. The first-order valence-electron chi connectivity index (χ1n) is 4.97. The van der Waals surface area contributed by atoms with Crippen LogP contribution in [0, 0.1) is 0 Å². The standard InChI is InChI=1S/C11H10N4O3/c12-11(13)14-7-1-3-8(4-2-7)18-10(16)9-5-6-17-15-9/h1-6H,(H4,12,13,14). The van der Waals surface area contributed by atoms with E-state index in [0.29, 0.717) is 11.4 Å². The highest BCUT2D eigenvalue weighted by atomic mass is 16.5. The first kappa shape index (κ1) is 11.6. The van der Waals surface area contributed by atoms with Crippen molar-refractivity contribution in [3.63, 3.8) is 0 Å². The molecule has 0 unspecified atom stereocenters. The normalized spacial score (nSPS) is 9.78. The van der Waals surface area contributed by atoms with Gasteiger partial charge in [0.25, 0.3) is 0 Å². The van der Waals surface area contributed by atoms with Crippen LogP contribution in [0.25, 0.3) is 0 Å². The summed E-state index contributed by atoms with van der Waals surface area (Å²) in [6.45, 7) is 0. The third-order valence-electron chi connectivity index (χ3n) is 1.95. The van der Waals surface area contributed by atoms with E-state index in [1.807, 2.05) is 0 Å². The van der Waals surface area contributed by atoms with Crippen LogP contribution >= 0.6 is 0 Å². The zero-order valence-electron chi connectivity index (χ0n) is 9.24. The molecular weight excluding hydrogens is 236 g/mol. The third kappa shape index (κ3) is 2.85. The van der Waals surface area contributed by atoms with E-state index in [1.54, 1.807) is 24.3 Å². The van der Waals surface area contributed by atoms with E-state index in [9.17, 15) is 4.79 Å². The van der Waals surface area contributed by atoms with Crippen molar-refractivity contribution in [1.29, 1.82) is 0 Å². The van der Waals surface area contributed by atoms with E-state index in [0.717, 1.165) is 0 Å². The van der Waals surface area contributed by atoms with Gasteiger partial charge in [0.2, 0.25) is 0 Å². The van der Waals surface area contributed by atoms with Crippen LogP contribution < -0.4 is 16.2 Å². The average Bonchev–Trinajstić information content (AvgIpc) is 2.84. The van der Waals surface area contributed by atoms with Crippen molar-refractivity contribution in [3.8, 4) is 5.75 Å². The lowest BCUT2D eigenvalue weighted by atomic mass is 10.3. The van der Waals surface area contributed by atoms with E-state index >= 15 is 0 Å². The molecule has 7 nitrogen and oxygen atoms in total. The Morgan fingerprint density at radius 3 is 2.50 bits per heavy atom. The highest BCUT2D eigenvalue weighted by molar-refractivity contribution is 5.88. The van der Waals surface area contributed by atoms with Crippen molar-refractivity contribution in [2.24, 2.45) is 16.5 Å². The van der Waals surface area contributed by atoms with Crippen LogP contribution in [0.3, 0.4) is 0 Å². The lowest BCUT2D eigenvalue weighted by Gasteiger charge is -2.02. The van der Waals surface area contributed by atoms with E-state index < -0.39 is 5.97 Å². The van der Waals surface area contributed by atoms with E-state index in [2.05, 4.69) is 14.7 Å². The molecule has 0 saturated heterocycles. The van der Waals surface area contributed by atoms with Crippen LogP contribution in [-0.2, 0) is 0 Å². The molecule has 2 rings (SSSR count). The van der Waals surface area contributed by atoms with Crippen molar-refractivity contribution in [1.82, 2.24) is 5.16 Å². The largest absolute Gasteiger partial charge is 0.422 e. The molecule has 1 aromatic heterocycles. The predicted octanol–water partition coefficient (Wildman–Crippen LogP) is 0.799. The van der Waals surface area contributed by atoms with Gasteiger partial charge in [-0.25, -0.2) is 9.79 Å². The molecule has 0 aliphatic carbocycles. The Morgan fingerprint density at radius 1 is 1.22 bits per heavy atom. The highest BCUT2D eigenvalue weighted by Gasteiger charge is 2.11. The van der Waals surface area contributed by atoms with Gasteiger partial charge in [-0.2, -0.15) is 0 Å². The van der Waals surface area contributed by atoms with Gasteiger partial charge in [-0.15, -0.1) is 0 Å². The number of nitrogens with zero attached hydrogens (tertiary/aromatic N) is 2. The molecule has 4 N–H and O–H groups in total. The van der Waals surface area contributed by atoms with Crippen molar-refractivity contribution in [3.05, 3.63) is 42.3 Å². The van der Waals surface area contributed by atoms with Crippen LogP contribution in [0.15, 0.2) is 46.1 Å². The van der Waals surface area contributed by atoms with Gasteiger partial charge in [0.15, 0.2) is 11.7 Å². The Bertz CT molecular complexity index is 556. The fraction of sp³-hybridized carbons (Fsp3) is 0. The van der Waals surface area contributed by atoms with Gasteiger partial charge in [-0.3, -0.25) is 0 Å². The SMILES string of the molecule is NC(N)=Nc1ccc(OC(=O)c2ccon2)cc1. The maximum atomic E-state index is 11.5. The molecule has 0 amide bonds. The second-order valence-electron chi connectivity index (χ2n) is 3.30. The molecule has 0 aliphatic heterocycles. The lowest BCUT2D eigenvalue weighted by molar-refractivity contribution is 0.0724. The topological polar surface area (TPSA) is 117 Å². The maximum Gasteiger partial charge on any atom is 0.365 e. The fourth-order valence-corrected chi connectivity index (χ4v) is 1.21. The van der Waals surface area contributed by atoms with Crippen molar-refractivity contribution < 1.29 is 14.1 Å². The number of carbonyl (C=O) groups is 1. The van der Waals surface area contributed by atoms with Crippen molar-refractivity contribution >= 4 is 17.6 Å². The summed E-state index contributed by atoms with van der Waals surface area (Å²) in [5, 5.41) is 3.46. The van der Waals surface area contributed by atoms with Crippen LogP contribution in [0.2, 0.25) is 0 Å². The minimum absolute atomic E-state index is 0.0395. The van der Waals surface area contributed by atoms with Gasteiger partial charge < -0.3 is 20.7 Å². The molecule has 0 saturated carbocycles. The summed E-state index contributed by atoms with van der Waals surface area (Å²) in [7, 11) is 0. The van der Waals surface area contributed by atoms with Crippen LogP contribution in [0.5, 0.6) is 5.75 Å². The Morgan fingerprint density at radius 2 is 1.94 bits per heavy atom. The van der Waals surface area contributed by atoms with Crippen LogP contribution in [0.1, 0.15) is 10.5 Å². The summed E-state index contributed by atoms with van der Waals surface area (Å²) in [5.41, 5.74) is 11.1. The molecule has 0 aliphatic rings. The number of guanidine groups is 1. The summed E-state index contributed by atoms with van der Waals surface area (Å²) in [4.78, 5) is 15.4. The number of benzene rings is 1. The number of ether oxygens (including phenoxy) is 1. The lowest BCUT2D eigenvalue weighted by Crippen LogP contribution is -2.21. The fourth-order valence-electron chi connectivity index (χ4n) is 1.21. The quantitative estimate of drug-likeness (QED) is 0.358. The predicted molar refractivity (Wildman–Crippen MR) is 63.4 cm³/mol. The number of nitrogens with two attached hydrogens (primary N) is 2. The number of carbonyl (C=O) groups excluding carboxylic acids is 1. The molecule has 1 heterocycles. The van der Waals surface area contributed by atoms with Gasteiger partial charge in [0.1, 0.15) is 12.0 Å². The smallest absolute Gasteiger partial charge is 0.365 e. The number of esters is 1. The number of rotatable bonds is 3. The summed E-state index contributed by atoms with van der Waals surface area (Å²) in [6, 6.07) is 7.78. The zero-order valence-corrected chi connectivity index (χ0v) is 9.24. The second-order valence-corrected chi connectivity index (χ2v) is 3.30. The van der Waals surface area contributed by atoms with Gasteiger partial charge in [-0.1, -0.05) is 5.16 Å². The van der Waals surface area contributed by atoms with Crippen LogP contribution in [-0.4, -0.2) is 17.1 Å². The minimum atomic E-state index is -0.599. The Balaban J connectivity index is 2.07. The molecule has 7 heteroatoms. The minimum Gasteiger partial charge on any atom is -0.422 e. The molecule has 92 valence electrons. The molecule has 2 aromatic rings. The molecule has 0 bridgehead atoms. The second kappa shape index (κ2) is 5.00. The van der Waals surface area contributed by atoms with Gasteiger partial charge >= 0.3 is 5.97 Å². The van der Waals surface area contributed by atoms with Gasteiger partial charge in [-0.05, 0) is 24.3 Å². The summed E-state index contributed by atoms with van der Waals surface area (Å²) < 4.78 is 9.59. The number of aromatic nitrogens is 1. The number of hydrogen-bond donors (Lipinski definition) is 2. The first-order valence-corrected chi connectivity index (χ1v) is 4.97. The Kier molecular flexibility index (Phi) is 3.24. The number of hydrogen-bond acceptors (Lipinski definition) is 5.